The zero-order chi connectivity index (χ0) is 17.1. The van der Waals surface area contributed by atoms with Crippen LogP contribution < -0.4 is 0 Å². The lowest BCUT2D eigenvalue weighted by atomic mass is 10.0. The standard InChI is InChI=1S/C23H16O2/c24-21(18-9-2-1-3-10-18)15-14-17-8-4-6-12-20(17)23-16-19-11-5-7-13-22(19)25-23/h1-16H. The first-order valence-electron chi connectivity index (χ1n) is 8.17. The van der Waals surface area contributed by atoms with E-state index in [1.807, 2.05) is 91.0 Å². The van der Waals surface area contributed by atoms with E-state index >= 15 is 0 Å². The van der Waals surface area contributed by atoms with Crippen LogP contribution in [0.2, 0.25) is 0 Å². The lowest BCUT2D eigenvalue weighted by Gasteiger charge is -2.02. The molecule has 2 heteroatoms. The van der Waals surface area contributed by atoms with E-state index in [1.165, 1.54) is 0 Å². The second-order valence-electron chi connectivity index (χ2n) is 5.80. The van der Waals surface area contributed by atoms with Crippen LogP contribution in [0.1, 0.15) is 15.9 Å². The molecule has 120 valence electrons. The largest absolute Gasteiger partial charge is 0.456 e. The number of hydrogen-bond acceptors (Lipinski definition) is 2. The van der Waals surface area contributed by atoms with Crippen molar-refractivity contribution in [3.8, 4) is 11.3 Å². The minimum Gasteiger partial charge on any atom is -0.456 e. The first-order chi connectivity index (χ1) is 12.3. The number of carbonyl (C=O) groups excluding carboxylic acids is 1. The maximum atomic E-state index is 12.3. The van der Waals surface area contributed by atoms with Gasteiger partial charge in [-0.2, -0.15) is 0 Å². The van der Waals surface area contributed by atoms with Gasteiger partial charge in [0.15, 0.2) is 5.78 Å². The molecule has 0 fully saturated rings. The molecule has 0 aliphatic carbocycles. The van der Waals surface area contributed by atoms with Crippen LogP contribution in [0.5, 0.6) is 0 Å². The first-order valence-corrected chi connectivity index (χ1v) is 8.17. The van der Waals surface area contributed by atoms with Crippen molar-refractivity contribution in [3.05, 3.63) is 102 Å². The molecule has 0 saturated heterocycles. The fourth-order valence-electron chi connectivity index (χ4n) is 2.85. The minimum atomic E-state index is -0.0139. The molecule has 0 spiro atoms. The van der Waals surface area contributed by atoms with E-state index in [2.05, 4.69) is 0 Å². The Morgan fingerprint density at radius 2 is 1.52 bits per heavy atom. The summed E-state index contributed by atoms with van der Waals surface area (Å²) in [5.74, 6) is 0.786. The van der Waals surface area contributed by atoms with Gasteiger partial charge in [-0.1, -0.05) is 78.9 Å². The maximum absolute atomic E-state index is 12.3. The molecule has 0 atom stereocenters. The number of hydrogen-bond donors (Lipinski definition) is 0. The van der Waals surface area contributed by atoms with E-state index in [0.717, 1.165) is 27.9 Å². The molecule has 0 saturated carbocycles. The summed E-state index contributed by atoms with van der Waals surface area (Å²) in [6, 6.07) is 27.1. The number of benzene rings is 3. The third kappa shape index (κ3) is 3.15. The Kier molecular flexibility index (Phi) is 4.01. The molecule has 0 radical (unpaired) electrons. The van der Waals surface area contributed by atoms with Gasteiger partial charge in [-0.3, -0.25) is 4.79 Å². The van der Waals surface area contributed by atoms with Gasteiger partial charge in [-0.05, 0) is 23.8 Å². The molecular weight excluding hydrogens is 308 g/mol. The van der Waals surface area contributed by atoms with E-state index in [1.54, 1.807) is 6.08 Å². The van der Waals surface area contributed by atoms with Crippen molar-refractivity contribution in [1.29, 1.82) is 0 Å². The molecule has 2 nitrogen and oxygen atoms in total. The van der Waals surface area contributed by atoms with Gasteiger partial charge in [0, 0.05) is 16.5 Å². The average Bonchev–Trinajstić information content (AvgIpc) is 3.11. The fourth-order valence-corrected chi connectivity index (χ4v) is 2.85. The number of carbonyl (C=O) groups is 1. The van der Waals surface area contributed by atoms with Gasteiger partial charge in [-0.15, -0.1) is 0 Å². The number of fused-ring (bicyclic) bond motifs is 1. The summed E-state index contributed by atoms with van der Waals surface area (Å²) in [4.78, 5) is 12.3. The van der Waals surface area contributed by atoms with Crippen molar-refractivity contribution in [2.45, 2.75) is 0 Å². The van der Waals surface area contributed by atoms with E-state index < -0.39 is 0 Å². The molecule has 0 aliphatic heterocycles. The molecule has 4 rings (SSSR count). The lowest BCUT2D eigenvalue weighted by molar-refractivity contribution is 0.104. The van der Waals surface area contributed by atoms with Crippen LogP contribution in [-0.4, -0.2) is 5.78 Å². The van der Waals surface area contributed by atoms with E-state index in [0.29, 0.717) is 5.56 Å². The highest BCUT2D eigenvalue weighted by atomic mass is 16.3. The van der Waals surface area contributed by atoms with Gasteiger partial charge in [-0.25, -0.2) is 0 Å². The molecule has 1 aromatic heterocycles. The quantitative estimate of drug-likeness (QED) is 0.340. The van der Waals surface area contributed by atoms with Gasteiger partial charge in [0.05, 0.1) is 0 Å². The highest BCUT2D eigenvalue weighted by Gasteiger charge is 2.09. The molecule has 4 aromatic rings. The molecule has 0 unspecified atom stereocenters. The summed E-state index contributed by atoms with van der Waals surface area (Å²) in [6.07, 6.45) is 3.45. The molecular formula is C23H16O2. The molecule has 0 N–H and O–H groups in total. The topological polar surface area (TPSA) is 30.2 Å². The normalized spacial score (nSPS) is 11.2. The molecule has 1 heterocycles. The molecule has 0 aliphatic rings. The molecule has 3 aromatic carbocycles. The third-order valence-electron chi connectivity index (χ3n) is 4.12. The van der Waals surface area contributed by atoms with Crippen molar-refractivity contribution in [2.24, 2.45) is 0 Å². The maximum Gasteiger partial charge on any atom is 0.185 e. The number of para-hydroxylation sites is 1. The van der Waals surface area contributed by atoms with Gasteiger partial charge >= 0.3 is 0 Å². The minimum absolute atomic E-state index is 0.0139. The van der Waals surface area contributed by atoms with Gasteiger partial charge in [0.2, 0.25) is 0 Å². The Morgan fingerprint density at radius 3 is 2.36 bits per heavy atom. The van der Waals surface area contributed by atoms with Crippen LogP contribution in [0.15, 0.2) is 95.4 Å². The van der Waals surface area contributed by atoms with Gasteiger partial charge in [0.25, 0.3) is 0 Å². The van der Waals surface area contributed by atoms with Crippen molar-refractivity contribution in [3.63, 3.8) is 0 Å². The van der Waals surface area contributed by atoms with Crippen LogP contribution in [0.25, 0.3) is 28.4 Å². The summed E-state index contributed by atoms with van der Waals surface area (Å²) in [6.45, 7) is 0. The van der Waals surface area contributed by atoms with Crippen LogP contribution in [0, 0.1) is 0 Å². The third-order valence-corrected chi connectivity index (χ3v) is 4.12. The Hall–Kier alpha value is -3.39. The number of rotatable bonds is 4. The predicted octanol–water partition coefficient (Wildman–Crippen LogP) is 6.00. The van der Waals surface area contributed by atoms with Gasteiger partial charge < -0.3 is 4.42 Å². The number of allylic oxidation sites excluding steroid dienone is 1. The highest BCUT2D eigenvalue weighted by Crippen LogP contribution is 2.30. The Balaban J connectivity index is 1.69. The average molecular weight is 324 g/mol. The zero-order valence-corrected chi connectivity index (χ0v) is 13.6. The Labute approximate surface area is 146 Å². The predicted molar refractivity (Wildman–Crippen MR) is 101 cm³/mol. The second-order valence-corrected chi connectivity index (χ2v) is 5.80. The summed E-state index contributed by atoms with van der Waals surface area (Å²) < 4.78 is 5.97. The summed E-state index contributed by atoms with van der Waals surface area (Å²) in [7, 11) is 0. The summed E-state index contributed by atoms with van der Waals surface area (Å²) in [5.41, 5.74) is 3.46. The van der Waals surface area contributed by atoms with E-state index in [9.17, 15) is 4.79 Å². The second kappa shape index (κ2) is 6.62. The smallest absolute Gasteiger partial charge is 0.185 e. The van der Waals surface area contributed by atoms with Crippen LogP contribution in [0.4, 0.5) is 0 Å². The zero-order valence-electron chi connectivity index (χ0n) is 13.6. The Morgan fingerprint density at radius 1 is 0.800 bits per heavy atom. The van der Waals surface area contributed by atoms with E-state index in [-0.39, 0.29) is 5.78 Å². The van der Waals surface area contributed by atoms with Gasteiger partial charge in [0.1, 0.15) is 11.3 Å². The SMILES string of the molecule is O=C(C=Cc1ccccc1-c1cc2ccccc2o1)c1ccccc1. The summed E-state index contributed by atoms with van der Waals surface area (Å²) in [5, 5.41) is 1.07. The van der Waals surface area contributed by atoms with Crippen molar-refractivity contribution < 1.29 is 9.21 Å². The number of furan rings is 1. The lowest BCUT2D eigenvalue weighted by Crippen LogP contribution is -1.93. The monoisotopic (exact) mass is 324 g/mol. The number of ketones is 1. The highest BCUT2D eigenvalue weighted by molar-refractivity contribution is 6.07. The van der Waals surface area contributed by atoms with Crippen molar-refractivity contribution >= 4 is 22.8 Å². The fraction of sp³-hybridized carbons (Fsp3) is 0. The Bertz CT molecular complexity index is 1020. The molecule has 0 bridgehead atoms. The van der Waals surface area contributed by atoms with Crippen LogP contribution in [-0.2, 0) is 0 Å². The van der Waals surface area contributed by atoms with Crippen molar-refractivity contribution in [2.75, 3.05) is 0 Å². The van der Waals surface area contributed by atoms with Crippen molar-refractivity contribution in [1.82, 2.24) is 0 Å². The van der Waals surface area contributed by atoms with Crippen LogP contribution in [0.3, 0.4) is 0 Å². The molecule has 0 amide bonds. The summed E-state index contributed by atoms with van der Waals surface area (Å²) >= 11 is 0. The van der Waals surface area contributed by atoms with Crippen LogP contribution >= 0.6 is 0 Å². The van der Waals surface area contributed by atoms with E-state index in [4.69, 9.17) is 4.42 Å². The molecule has 25 heavy (non-hydrogen) atoms. The first kappa shape index (κ1) is 15.2.